The lowest BCUT2D eigenvalue weighted by Gasteiger charge is -2.07. The molecule has 1 fully saturated rings. The molecule has 1 aliphatic rings. The molecule has 1 heterocycles. The van der Waals surface area contributed by atoms with Crippen molar-refractivity contribution in [2.24, 2.45) is 0 Å². The SMILES string of the molecule is C1CCOOC1.N#CCCl. The summed E-state index contributed by atoms with van der Waals surface area (Å²) in [5.41, 5.74) is 0. The zero-order valence-corrected chi connectivity index (χ0v) is 6.43. The van der Waals surface area contributed by atoms with Crippen molar-refractivity contribution in [1.29, 1.82) is 5.26 Å². The summed E-state index contributed by atoms with van der Waals surface area (Å²) in [6, 6.07) is 1.70. The van der Waals surface area contributed by atoms with Crippen LogP contribution in [0.5, 0.6) is 0 Å². The molecule has 4 heteroatoms. The molecule has 0 aliphatic carbocycles. The molecule has 0 unspecified atom stereocenters. The van der Waals surface area contributed by atoms with Gasteiger partial charge >= 0.3 is 0 Å². The molecular weight excluding hydrogens is 154 g/mol. The van der Waals surface area contributed by atoms with Gasteiger partial charge in [0.05, 0.1) is 19.3 Å². The second-order valence-electron chi connectivity index (χ2n) is 1.64. The molecule has 0 aromatic carbocycles. The molecule has 0 saturated carbocycles. The van der Waals surface area contributed by atoms with E-state index in [1.165, 1.54) is 0 Å². The van der Waals surface area contributed by atoms with Crippen LogP contribution in [0.1, 0.15) is 12.8 Å². The summed E-state index contributed by atoms with van der Waals surface area (Å²) in [5, 5.41) is 7.49. The molecule has 1 aliphatic heterocycles. The van der Waals surface area contributed by atoms with Gasteiger partial charge in [-0.05, 0) is 12.8 Å². The van der Waals surface area contributed by atoms with E-state index in [-0.39, 0.29) is 5.88 Å². The van der Waals surface area contributed by atoms with Gasteiger partial charge in [-0.15, -0.1) is 11.6 Å². The Morgan fingerprint density at radius 1 is 1.30 bits per heavy atom. The molecule has 0 bridgehead atoms. The molecule has 0 atom stereocenters. The summed E-state index contributed by atoms with van der Waals surface area (Å²) in [6.45, 7) is 1.56. The molecule has 0 spiro atoms. The van der Waals surface area contributed by atoms with Crippen molar-refractivity contribution in [2.45, 2.75) is 12.8 Å². The zero-order valence-electron chi connectivity index (χ0n) is 5.68. The minimum atomic E-state index is 0.0972. The Kier molecular flexibility index (Phi) is 8.44. The van der Waals surface area contributed by atoms with Crippen LogP contribution in [0.25, 0.3) is 0 Å². The summed E-state index contributed by atoms with van der Waals surface area (Å²) in [7, 11) is 0. The van der Waals surface area contributed by atoms with Crippen LogP contribution in [0.4, 0.5) is 0 Å². The van der Waals surface area contributed by atoms with E-state index in [0.717, 1.165) is 26.1 Å². The standard InChI is InChI=1S/C4H8O2.C2H2ClN/c1-2-4-6-5-3-1;3-1-2-4/h1-4H2;1H2. The first-order valence-electron chi connectivity index (χ1n) is 3.09. The lowest BCUT2D eigenvalue weighted by molar-refractivity contribution is -0.312. The molecule has 0 aromatic rings. The van der Waals surface area contributed by atoms with Crippen molar-refractivity contribution < 1.29 is 9.78 Å². The van der Waals surface area contributed by atoms with E-state index in [1.54, 1.807) is 6.07 Å². The van der Waals surface area contributed by atoms with Crippen LogP contribution < -0.4 is 0 Å². The fraction of sp³-hybridized carbons (Fsp3) is 0.833. The second kappa shape index (κ2) is 8.70. The molecule has 58 valence electrons. The quantitative estimate of drug-likeness (QED) is 0.401. The van der Waals surface area contributed by atoms with Crippen LogP contribution in [0.3, 0.4) is 0 Å². The summed E-state index contributed by atoms with van der Waals surface area (Å²) in [6.07, 6.45) is 2.31. The van der Waals surface area contributed by atoms with Crippen molar-refractivity contribution in [3.8, 4) is 6.07 Å². The Labute approximate surface area is 65.4 Å². The third-order valence-electron chi connectivity index (χ3n) is 0.848. The van der Waals surface area contributed by atoms with E-state index >= 15 is 0 Å². The second-order valence-corrected chi connectivity index (χ2v) is 1.91. The van der Waals surface area contributed by atoms with Crippen LogP contribution in [0.15, 0.2) is 0 Å². The first-order valence-corrected chi connectivity index (χ1v) is 3.62. The van der Waals surface area contributed by atoms with Gasteiger partial charge in [-0.1, -0.05) is 0 Å². The van der Waals surface area contributed by atoms with E-state index in [2.05, 4.69) is 9.78 Å². The number of halogens is 1. The molecule has 0 amide bonds. The van der Waals surface area contributed by atoms with Gasteiger partial charge in [0.15, 0.2) is 0 Å². The first-order chi connectivity index (χ1) is 4.91. The number of alkyl halides is 1. The van der Waals surface area contributed by atoms with E-state index in [9.17, 15) is 0 Å². The molecule has 10 heavy (non-hydrogen) atoms. The third-order valence-corrected chi connectivity index (χ3v) is 0.968. The first kappa shape index (κ1) is 9.70. The van der Waals surface area contributed by atoms with Crippen LogP contribution in [0.2, 0.25) is 0 Å². The smallest absolute Gasteiger partial charge is 0.109 e. The summed E-state index contributed by atoms with van der Waals surface area (Å²) in [4.78, 5) is 9.14. The molecular formula is C6H10ClNO2. The number of hydrogen-bond acceptors (Lipinski definition) is 3. The molecule has 1 saturated heterocycles. The lowest BCUT2D eigenvalue weighted by Crippen LogP contribution is -2.05. The maximum Gasteiger partial charge on any atom is 0.109 e. The summed E-state index contributed by atoms with van der Waals surface area (Å²) in [5.74, 6) is 0.0972. The highest BCUT2D eigenvalue weighted by Gasteiger charge is 1.95. The number of hydrogen-bond donors (Lipinski definition) is 0. The van der Waals surface area contributed by atoms with Crippen LogP contribution in [-0.2, 0) is 9.78 Å². The topological polar surface area (TPSA) is 42.2 Å². The van der Waals surface area contributed by atoms with Gasteiger partial charge in [0.25, 0.3) is 0 Å². The van der Waals surface area contributed by atoms with Crippen LogP contribution >= 0.6 is 11.6 Å². The highest BCUT2D eigenvalue weighted by atomic mass is 35.5. The van der Waals surface area contributed by atoms with Gasteiger partial charge < -0.3 is 0 Å². The normalized spacial score (nSPS) is 16.4. The van der Waals surface area contributed by atoms with Crippen molar-refractivity contribution in [2.75, 3.05) is 19.1 Å². The fourth-order valence-corrected chi connectivity index (χ4v) is 0.440. The van der Waals surface area contributed by atoms with Crippen LogP contribution in [0, 0.1) is 11.3 Å². The third kappa shape index (κ3) is 7.70. The van der Waals surface area contributed by atoms with Gasteiger partial charge in [0, 0.05) is 0 Å². The number of nitrogens with zero attached hydrogens (tertiary/aromatic N) is 1. The van der Waals surface area contributed by atoms with E-state index < -0.39 is 0 Å². The molecule has 1 rings (SSSR count). The number of nitriles is 1. The Bertz CT molecular complexity index is 86.9. The zero-order chi connectivity index (χ0) is 7.66. The predicted octanol–water partition coefficient (Wildman–Crippen LogP) is 1.48. The highest BCUT2D eigenvalue weighted by Crippen LogP contribution is 1.97. The molecule has 3 nitrogen and oxygen atoms in total. The van der Waals surface area contributed by atoms with Gasteiger partial charge in [-0.2, -0.15) is 5.26 Å². The lowest BCUT2D eigenvalue weighted by atomic mass is 10.3. The summed E-state index contributed by atoms with van der Waals surface area (Å²) < 4.78 is 0. The van der Waals surface area contributed by atoms with Crippen molar-refractivity contribution >= 4 is 11.6 Å². The van der Waals surface area contributed by atoms with Crippen LogP contribution in [-0.4, -0.2) is 19.1 Å². The Hall–Kier alpha value is -0.300. The Morgan fingerprint density at radius 3 is 1.80 bits per heavy atom. The largest absolute Gasteiger partial charge is 0.237 e. The molecule has 0 N–H and O–H groups in total. The monoisotopic (exact) mass is 163 g/mol. The summed E-state index contributed by atoms with van der Waals surface area (Å²) >= 11 is 4.82. The van der Waals surface area contributed by atoms with Gasteiger partial charge in [-0.3, -0.25) is 0 Å². The van der Waals surface area contributed by atoms with Gasteiger partial charge in [-0.25, -0.2) is 9.78 Å². The van der Waals surface area contributed by atoms with Gasteiger partial charge in [0.1, 0.15) is 5.88 Å². The van der Waals surface area contributed by atoms with Crippen molar-refractivity contribution in [3.05, 3.63) is 0 Å². The average Bonchev–Trinajstić information content (AvgIpc) is 2.08. The van der Waals surface area contributed by atoms with E-state index in [4.69, 9.17) is 16.9 Å². The highest BCUT2D eigenvalue weighted by molar-refractivity contribution is 6.19. The van der Waals surface area contributed by atoms with E-state index in [0.29, 0.717) is 0 Å². The number of rotatable bonds is 0. The average molecular weight is 164 g/mol. The Balaban J connectivity index is 0.000000180. The minimum Gasteiger partial charge on any atom is -0.237 e. The van der Waals surface area contributed by atoms with E-state index in [1.807, 2.05) is 0 Å². The minimum absolute atomic E-state index is 0.0972. The maximum absolute atomic E-state index is 7.49. The van der Waals surface area contributed by atoms with Crippen molar-refractivity contribution in [1.82, 2.24) is 0 Å². The Morgan fingerprint density at radius 2 is 1.70 bits per heavy atom. The predicted molar refractivity (Wildman–Crippen MR) is 37.5 cm³/mol. The van der Waals surface area contributed by atoms with Gasteiger partial charge in [0.2, 0.25) is 0 Å². The maximum atomic E-state index is 7.49. The molecule has 0 radical (unpaired) electrons. The van der Waals surface area contributed by atoms with Crippen molar-refractivity contribution in [3.63, 3.8) is 0 Å². The molecule has 0 aromatic heterocycles. The fourth-order valence-electron chi connectivity index (χ4n) is 0.440.